The summed E-state index contributed by atoms with van der Waals surface area (Å²) in [6, 6.07) is 5.37. The molecule has 0 saturated heterocycles. The van der Waals surface area contributed by atoms with Gasteiger partial charge in [-0.1, -0.05) is 32.0 Å². The van der Waals surface area contributed by atoms with E-state index in [2.05, 4.69) is 5.10 Å². The molecule has 0 N–H and O–H groups in total. The topological polar surface area (TPSA) is 17.8 Å². The average molecular weight is 220 g/mol. The normalized spacial score (nSPS) is 9.56. The molecule has 0 spiro atoms. The molecule has 0 saturated carbocycles. The van der Waals surface area contributed by atoms with Crippen molar-refractivity contribution in [1.29, 1.82) is 0 Å². The van der Waals surface area contributed by atoms with E-state index in [0.717, 1.165) is 5.56 Å². The van der Waals surface area contributed by atoms with Crippen LogP contribution in [0, 0.1) is 12.7 Å². The van der Waals surface area contributed by atoms with E-state index in [1.54, 1.807) is 36.1 Å². The van der Waals surface area contributed by atoms with Crippen LogP contribution in [0.2, 0.25) is 0 Å². The van der Waals surface area contributed by atoms with Crippen LogP contribution < -0.4 is 0 Å². The van der Waals surface area contributed by atoms with Gasteiger partial charge in [0.2, 0.25) is 0 Å². The largest absolute Gasteiger partial charge is 0.275 e. The van der Waals surface area contributed by atoms with Gasteiger partial charge >= 0.3 is 0 Å². The first-order valence-electron chi connectivity index (χ1n) is 5.42. The fraction of sp³-hybridized carbons (Fsp3) is 0.308. The summed E-state index contributed by atoms with van der Waals surface area (Å²) in [7, 11) is 1.82. The van der Waals surface area contributed by atoms with Crippen molar-refractivity contribution in [3.05, 3.63) is 42.0 Å². The summed E-state index contributed by atoms with van der Waals surface area (Å²) in [4.78, 5) is 0. The van der Waals surface area contributed by atoms with Gasteiger partial charge in [-0.05, 0) is 12.5 Å². The van der Waals surface area contributed by atoms with Gasteiger partial charge in [0, 0.05) is 24.4 Å². The Kier molecular flexibility index (Phi) is 4.23. The van der Waals surface area contributed by atoms with E-state index in [4.69, 9.17) is 0 Å². The number of halogens is 1. The zero-order valence-corrected chi connectivity index (χ0v) is 10.2. The maximum Gasteiger partial charge on any atom is 0.134 e. The first-order chi connectivity index (χ1) is 7.68. The molecule has 0 aliphatic carbocycles. The monoisotopic (exact) mass is 220 g/mol. The summed E-state index contributed by atoms with van der Waals surface area (Å²) in [5, 5.41) is 4.01. The van der Waals surface area contributed by atoms with E-state index in [1.165, 1.54) is 0 Å². The SMILES string of the molecule is CC.Cc1cccc(-c2cnn(C)c2)c1F. The third kappa shape index (κ3) is 2.48. The molecule has 86 valence electrons. The Morgan fingerprint density at radius 3 is 2.50 bits per heavy atom. The van der Waals surface area contributed by atoms with E-state index < -0.39 is 0 Å². The van der Waals surface area contributed by atoms with Crippen molar-refractivity contribution >= 4 is 0 Å². The quantitative estimate of drug-likeness (QED) is 0.718. The van der Waals surface area contributed by atoms with Gasteiger partial charge in [0.25, 0.3) is 0 Å². The molecule has 1 heterocycles. The van der Waals surface area contributed by atoms with Gasteiger partial charge in [-0.2, -0.15) is 5.10 Å². The van der Waals surface area contributed by atoms with Crippen molar-refractivity contribution in [2.24, 2.45) is 7.05 Å². The molecule has 0 aliphatic heterocycles. The highest BCUT2D eigenvalue weighted by atomic mass is 19.1. The second-order valence-electron chi connectivity index (χ2n) is 3.34. The highest BCUT2D eigenvalue weighted by molar-refractivity contribution is 5.63. The molecule has 2 nitrogen and oxygen atoms in total. The van der Waals surface area contributed by atoms with Gasteiger partial charge in [-0.25, -0.2) is 4.39 Å². The molecule has 0 radical (unpaired) electrons. The van der Waals surface area contributed by atoms with Crippen molar-refractivity contribution in [3.63, 3.8) is 0 Å². The molecule has 0 unspecified atom stereocenters. The van der Waals surface area contributed by atoms with Crippen LogP contribution >= 0.6 is 0 Å². The number of benzene rings is 1. The number of nitrogens with zero attached hydrogens (tertiary/aromatic N) is 2. The minimum absolute atomic E-state index is 0.166. The predicted octanol–water partition coefficient (Wildman–Crippen LogP) is 3.56. The maximum atomic E-state index is 13.7. The molecule has 0 atom stereocenters. The minimum atomic E-state index is -0.166. The van der Waals surface area contributed by atoms with Crippen LogP contribution in [0.4, 0.5) is 4.39 Å². The first kappa shape index (κ1) is 12.4. The Morgan fingerprint density at radius 2 is 1.94 bits per heavy atom. The molecule has 0 bridgehead atoms. The second-order valence-corrected chi connectivity index (χ2v) is 3.34. The summed E-state index contributed by atoms with van der Waals surface area (Å²) in [6.45, 7) is 5.76. The van der Waals surface area contributed by atoms with Crippen LogP contribution in [0.25, 0.3) is 11.1 Å². The van der Waals surface area contributed by atoms with E-state index in [9.17, 15) is 4.39 Å². The molecular formula is C13H17FN2. The lowest BCUT2D eigenvalue weighted by Crippen LogP contribution is -1.87. The first-order valence-corrected chi connectivity index (χ1v) is 5.42. The highest BCUT2D eigenvalue weighted by Crippen LogP contribution is 2.23. The lowest BCUT2D eigenvalue weighted by molar-refractivity contribution is 0.622. The lowest BCUT2D eigenvalue weighted by Gasteiger charge is -2.01. The molecule has 1 aromatic carbocycles. The van der Waals surface area contributed by atoms with Gasteiger partial charge in [-0.3, -0.25) is 4.68 Å². The van der Waals surface area contributed by atoms with Gasteiger partial charge < -0.3 is 0 Å². The Labute approximate surface area is 95.7 Å². The van der Waals surface area contributed by atoms with E-state index in [-0.39, 0.29) is 5.82 Å². The minimum Gasteiger partial charge on any atom is -0.275 e. The Balaban J connectivity index is 0.000000606. The fourth-order valence-corrected chi connectivity index (χ4v) is 1.43. The van der Waals surface area contributed by atoms with Crippen LogP contribution in [0.5, 0.6) is 0 Å². The van der Waals surface area contributed by atoms with Crippen molar-refractivity contribution in [1.82, 2.24) is 9.78 Å². The number of aromatic nitrogens is 2. The Morgan fingerprint density at radius 1 is 1.25 bits per heavy atom. The molecular weight excluding hydrogens is 203 g/mol. The van der Waals surface area contributed by atoms with Crippen LogP contribution in [-0.2, 0) is 7.05 Å². The van der Waals surface area contributed by atoms with Gasteiger partial charge in [0.15, 0.2) is 0 Å². The summed E-state index contributed by atoms with van der Waals surface area (Å²) in [5.41, 5.74) is 2.08. The van der Waals surface area contributed by atoms with E-state index in [0.29, 0.717) is 11.1 Å². The molecule has 0 aliphatic rings. The predicted molar refractivity (Wildman–Crippen MR) is 64.7 cm³/mol. The van der Waals surface area contributed by atoms with E-state index >= 15 is 0 Å². The van der Waals surface area contributed by atoms with Crippen LogP contribution in [0.1, 0.15) is 19.4 Å². The van der Waals surface area contributed by atoms with Crippen molar-refractivity contribution in [3.8, 4) is 11.1 Å². The number of hydrogen-bond donors (Lipinski definition) is 0. The van der Waals surface area contributed by atoms with E-state index in [1.807, 2.05) is 27.0 Å². The molecule has 16 heavy (non-hydrogen) atoms. The number of rotatable bonds is 1. The summed E-state index contributed by atoms with van der Waals surface area (Å²) in [5.74, 6) is -0.166. The molecule has 3 heteroatoms. The van der Waals surface area contributed by atoms with Crippen LogP contribution in [0.3, 0.4) is 0 Å². The molecule has 2 aromatic rings. The van der Waals surface area contributed by atoms with Crippen molar-refractivity contribution in [2.45, 2.75) is 20.8 Å². The van der Waals surface area contributed by atoms with Crippen LogP contribution in [-0.4, -0.2) is 9.78 Å². The summed E-state index contributed by atoms with van der Waals surface area (Å²) >= 11 is 0. The van der Waals surface area contributed by atoms with Gasteiger partial charge in [0.05, 0.1) is 6.20 Å². The third-order valence-corrected chi connectivity index (χ3v) is 2.21. The Bertz CT molecular complexity index is 461. The van der Waals surface area contributed by atoms with Crippen molar-refractivity contribution in [2.75, 3.05) is 0 Å². The highest BCUT2D eigenvalue weighted by Gasteiger charge is 2.07. The Hall–Kier alpha value is -1.64. The smallest absolute Gasteiger partial charge is 0.134 e. The maximum absolute atomic E-state index is 13.7. The molecule has 1 aromatic heterocycles. The standard InChI is InChI=1S/C11H11FN2.C2H6/c1-8-4-3-5-10(11(8)12)9-6-13-14(2)7-9;1-2/h3-7H,1-2H3;1-2H3. The average Bonchev–Trinajstić information content (AvgIpc) is 2.72. The summed E-state index contributed by atoms with van der Waals surface area (Å²) in [6.07, 6.45) is 3.47. The third-order valence-electron chi connectivity index (χ3n) is 2.21. The van der Waals surface area contributed by atoms with Gasteiger partial charge in [0.1, 0.15) is 5.82 Å². The summed E-state index contributed by atoms with van der Waals surface area (Å²) < 4.78 is 15.3. The fourth-order valence-electron chi connectivity index (χ4n) is 1.43. The second kappa shape index (κ2) is 5.45. The zero-order chi connectivity index (χ0) is 12.1. The molecule has 0 amide bonds. The van der Waals surface area contributed by atoms with Gasteiger partial charge in [-0.15, -0.1) is 0 Å². The number of aryl methyl sites for hydroxylation is 2. The van der Waals surface area contributed by atoms with Crippen LogP contribution in [0.15, 0.2) is 30.6 Å². The number of hydrogen-bond acceptors (Lipinski definition) is 1. The molecule has 2 rings (SSSR count). The van der Waals surface area contributed by atoms with Crippen molar-refractivity contribution < 1.29 is 4.39 Å². The lowest BCUT2D eigenvalue weighted by atomic mass is 10.1. The molecule has 0 fully saturated rings. The zero-order valence-electron chi connectivity index (χ0n) is 10.2.